The largest absolute Gasteiger partial charge is 0.387 e. The van der Waals surface area contributed by atoms with Gasteiger partial charge in [0.1, 0.15) is 0 Å². The number of rotatable bonds is 3. The first-order valence-corrected chi connectivity index (χ1v) is 5.35. The van der Waals surface area contributed by atoms with Crippen LogP contribution < -0.4 is 5.73 Å². The Morgan fingerprint density at radius 3 is 2.00 bits per heavy atom. The van der Waals surface area contributed by atoms with Gasteiger partial charge in [0.15, 0.2) is 0 Å². The van der Waals surface area contributed by atoms with E-state index in [0.717, 1.165) is 11.1 Å². The Bertz CT molecular complexity index is 436. The van der Waals surface area contributed by atoms with Crippen molar-refractivity contribution in [3.63, 3.8) is 0 Å². The van der Waals surface area contributed by atoms with Crippen molar-refractivity contribution in [3.05, 3.63) is 60.2 Å². The summed E-state index contributed by atoms with van der Waals surface area (Å²) in [6.45, 7) is 0.255. The Morgan fingerprint density at radius 2 is 1.44 bits per heavy atom. The van der Waals surface area contributed by atoms with Crippen molar-refractivity contribution >= 4 is 0 Å². The Balaban J connectivity index is 2.26. The van der Waals surface area contributed by atoms with Gasteiger partial charge in [-0.05, 0) is 16.7 Å². The molecule has 0 aliphatic heterocycles. The predicted octanol–water partition coefficient (Wildman–Crippen LogP) is 2.35. The van der Waals surface area contributed by atoms with E-state index >= 15 is 0 Å². The minimum Gasteiger partial charge on any atom is -0.387 e. The zero-order valence-corrected chi connectivity index (χ0v) is 9.01. The minimum atomic E-state index is -0.565. The Labute approximate surface area is 95.4 Å². The summed E-state index contributed by atoms with van der Waals surface area (Å²) in [5.41, 5.74) is 8.59. The van der Waals surface area contributed by atoms with Crippen molar-refractivity contribution < 1.29 is 5.11 Å². The standard InChI is InChI=1S/C14H15NO/c15-10-14(16)13-8-6-12(7-9-13)11-4-2-1-3-5-11/h1-9,14,16H,10,15H2/t14-/m1/s1. The van der Waals surface area contributed by atoms with E-state index in [1.807, 2.05) is 42.5 Å². The highest BCUT2D eigenvalue weighted by molar-refractivity contribution is 5.63. The van der Waals surface area contributed by atoms with Gasteiger partial charge in [-0.3, -0.25) is 0 Å². The number of aliphatic hydroxyl groups is 1. The summed E-state index contributed by atoms with van der Waals surface area (Å²) >= 11 is 0. The molecule has 2 rings (SSSR count). The zero-order chi connectivity index (χ0) is 11.4. The topological polar surface area (TPSA) is 46.2 Å². The first-order chi connectivity index (χ1) is 7.81. The van der Waals surface area contributed by atoms with Gasteiger partial charge in [-0.1, -0.05) is 54.6 Å². The molecule has 0 saturated carbocycles. The van der Waals surface area contributed by atoms with Gasteiger partial charge >= 0.3 is 0 Å². The van der Waals surface area contributed by atoms with E-state index in [2.05, 4.69) is 12.1 Å². The molecule has 1 atom stereocenters. The molecule has 0 unspecified atom stereocenters. The van der Waals surface area contributed by atoms with Crippen molar-refractivity contribution in [2.45, 2.75) is 6.10 Å². The van der Waals surface area contributed by atoms with Crippen LogP contribution in [0, 0.1) is 0 Å². The summed E-state index contributed by atoms with van der Waals surface area (Å²) in [5, 5.41) is 9.57. The number of aliphatic hydroxyl groups excluding tert-OH is 1. The van der Waals surface area contributed by atoms with E-state index in [1.165, 1.54) is 5.56 Å². The van der Waals surface area contributed by atoms with E-state index in [1.54, 1.807) is 0 Å². The van der Waals surface area contributed by atoms with E-state index < -0.39 is 6.10 Å². The van der Waals surface area contributed by atoms with Crippen molar-refractivity contribution in [2.24, 2.45) is 5.73 Å². The lowest BCUT2D eigenvalue weighted by molar-refractivity contribution is 0.187. The summed E-state index contributed by atoms with van der Waals surface area (Å²) in [4.78, 5) is 0. The van der Waals surface area contributed by atoms with Gasteiger partial charge in [0.25, 0.3) is 0 Å². The van der Waals surface area contributed by atoms with Gasteiger partial charge in [-0.25, -0.2) is 0 Å². The Hall–Kier alpha value is -1.64. The van der Waals surface area contributed by atoms with Gasteiger partial charge < -0.3 is 10.8 Å². The summed E-state index contributed by atoms with van der Waals surface area (Å²) < 4.78 is 0. The maximum Gasteiger partial charge on any atom is 0.0912 e. The summed E-state index contributed by atoms with van der Waals surface area (Å²) in [5.74, 6) is 0. The lowest BCUT2D eigenvalue weighted by Gasteiger charge is -2.08. The second-order valence-electron chi connectivity index (χ2n) is 3.74. The molecule has 0 spiro atoms. The summed E-state index contributed by atoms with van der Waals surface area (Å²) in [6.07, 6.45) is -0.565. The number of hydrogen-bond acceptors (Lipinski definition) is 2. The average Bonchev–Trinajstić information content (AvgIpc) is 2.39. The molecule has 2 nitrogen and oxygen atoms in total. The predicted molar refractivity (Wildman–Crippen MR) is 65.9 cm³/mol. The van der Waals surface area contributed by atoms with Gasteiger partial charge in [0, 0.05) is 6.54 Å². The van der Waals surface area contributed by atoms with Crippen LogP contribution in [0.15, 0.2) is 54.6 Å². The van der Waals surface area contributed by atoms with Gasteiger partial charge in [-0.2, -0.15) is 0 Å². The van der Waals surface area contributed by atoms with E-state index in [9.17, 15) is 5.11 Å². The molecule has 0 amide bonds. The monoisotopic (exact) mass is 213 g/mol. The molecule has 2 aromatic carbocycles. The normalized spacial score (nSPS) is 12.4. The zero-order valence-electron chi connectivity index (χ0n) is 9.01. The van der Waals surface area contributed by atoms with Crippen LogP contribution in [0.1, 0.15) is 11.7 Å². The SMILES string of the molecule is NC[C@@H](O)c1ccc(-c2ccccc2)cc1. The minimum absolute atomic E-state index is 0.255. The van der Waals surface area contributed by atoms with Gasteiger partial charge in [-0.15, -0.1) is 0 Å². The van der Waals surface area contributed by atoms with Crippen LogP contribution in [-0.4, -0.2) is 11.7 Å². The quantitative estimate of drug-likeness (QED) is 0.822. The van der Waals surface area contributed by atoms with Crippen LogP contribution in [0.25, 0.3) is 11.1 Å². The van der Waals surface area contributed by atoms with Crippen LogP contribution in [0.5, 0.6) is 0 Å². The third-order valence-electron chi connectivity index (χ3n) is 2.63. The second kappa shape index (κ2) is 4.92. The molecule has 0 heterocycles. The molecular formula is C14H15NO. The van der Waals surface area contributed by atoms with Gasteiger partial charge in [0.05, 0.1) is 6.10 Å². The van der Waals surface area contributed by atoms with Crippen LogP contribution in [0.3, 0.4) is 0 Å². The van der Waals surface area contributed by atoms with E-state index in [4.69, 9.17) is 5.73 Å². The molecule has 0 bridgehead atoms. The van der Waals surface area contributed by atoms with Crippen molar-refractivity contribution in [1.29, 1.82) is 0 Å². The molecule has 0 fully saturated rings. The lowest BCUT2D eigenvalue weighted by atomic mass is 10.0. The molecule has 0 aliphatic rings. The first kappa shape index (κ1) is 10.9. The average molecular weight is 213 g/mol. The molecule has 2 aromatic rings. The second-order valence-corrected chi connectivity index (χ2v) is 3.74. The molecule has 2 heteroatoms. The Kier molecular flexibility index (Phi) is 3.34. The molecule has 0 aliphatic carbocycles. The molecule has 0 saturated heterocycles. The molecule has 0 radical (unpaired) electrons. The van der Waals surface area contributed by atoms with Crippen molar-refractivity contribution in [3.8, 4) is 11.1 Å². The molecular weight excluding hydrogens is 198 g/mol. The first-order valence-electron chi connectivity index (χ1n) is 5.35. The molecule has 82 valence electrons. The van der Waals surface area contributed by atoms with Crippen LogP contribution >= 0.6 is 0 Å². The highest BCUT2D eigenvalue weighted by Crippen LogP contribution is 2.21. The summed E-state index contributed by atoms with van der Waals surface area (Å²) in [7, 11) is 0. The maximum atomic E-state index is 9.57. The molecule has 0 aromatic heterocycles. The van der Waals surface area contributed by atoms with Crippen LogP contribution in [0.4, 0.5) is 0 Å². The highest BCUT2D eigenvalue weighted by atomic mass is 16.3. The fraction of sp³-hybridized carbons (Fsp3) is 0.143. The van der Waals surface area contributed by atoms with E-state index in [0.29, 0.717) is 0 Å². The summed E-state index contributed by atoms with van der Waals surface area (Å²) in [6, 6.07) is 18.0. The maximum absolute atomic E-state index is 9.57. The molecule has 3 N–H and O–H groups in total. The third-order valence-corrected chi connectivity index (χ3v) is 2.63. The fourth-order valence-electron chi connectivity index (χ4n) is 1.66. The Morgan fingerprint density at radius 1 is 0.875 bits per heavy atom. The lowest BCUT2D eigenvalue weighted by Crippen LogP contribution is -2.11. The van der Waals surface area contributed by atoms with Crippen molar-refractivity contribution in [1.82, 2.24) is 0 Å². The number of nitrogens with two attached hydrogens (primary N) is 1. The fourth-order valence-corrected chi connectivity index (χ4v) is 1.66. The number of hydrogen-bond donors (Lipinski definition) is 2. The van der Waals surface area contributed by atoms with Crippen LogP contribution in [0.2, 0.25) is 0 Å². The van der Waals surface area contributed by atoms with Crippen LogP contribution in [-0.2, 0) is 0 Å². The van der Waals surface area contributed by atoms with Crippen molar-refractivity contribution in [2.75, 3.05) is 6.54 Å². The number of benzene rings is 2. The smallest absolute Gasteiger partial charge is 0.0912 e. The van der Waals surface area contributed by atoms with Gasteiger partial charge in [0.2, 0.25) is 0 Å². The van der Waals surface area contributed by atoms with E-state index in [-0.39, 0.29) is 6.54 Å². The molecule has 16 heavy (non-hydrogen) atoms. The third kappa shape index (κ3) is 2.30. The highest BCUT2D eigenvalue weighted by Gasteiger charge is 2.04.